The predicted octanol–water partition coefficient (Wildman–Crippen LogP) is 1.50. The van der Waals surface area contributed by atoms with Gasteiger partial charge in [-0.25, -0.2) is 15.8 Å². The van der Waals surface area contributed by atoms with Crippen molar-refractivity contribution in [2.45, 2.75) is 45.8 Å². The zero-order chi connectivity index (χ0) is 14.0. The highest BCUT2D eigenvalue weighted by atomic mass is 16.5. The predicted molar refractivity (Wildman–Crippen MR) is 76.2 cm³/mol. The summed E-state index contributed by atoms with van der Waals surface area (Å²) in [4.78, 5) is 11.3. The summed E-state index contributed by atoms with van der Waals surface area (Å²) < 4.78 is 5.65. The van der Waals surface area contributed by atoms with Crippen LogP contribution in [0.3, 0.4) is 0 Å². The molecular formula is C13H23N5O. The lowest BCUT2D eigenvalue weighted by Gasteiger charge is -2.37. The van der Waals surface area contributed by atoms with Crippen molar-refractivity contribution in [3.05, 3.63) is 11.9 Å². The van der Waals surface area contributed by atoms with Crippen LogP contribution in [0.5, 0.6) is 0 Å². The van der Waals surface area contributed by atoms with Gasteiger partial charge in [0.15, 0.2) is 0 Å². The van der Waals surface area contributed by atoms with Gasteiger partial charge in [0.05, 0.1) is 18.8 Å². The summed E-state index contributed by atoms with van der Waals surface area (Å²) in [5, 5.41) is 0. The van der Waals surface area contributed by atoms with Crippen LogP contribution in [0.4, 0.5) is 11.6 Å². The lowest BCUT2D eigenvalue weighted by Crippen LogP contribution is -2.48. The van der Waals surface area contributed by atoms with Crippen molar-refractivity contribution in [1.82, 2.24) is 9.97 Å². The van der Waals surface area contributed by atoms with Gasteiger partial charge in [0.1, 0.15) is 17.5 Å². The van der Waals surface area contributed by atoms with Crippen molar-refractivity contribution in [1.29, 1.82) is 0 Å². The zero-order valence-corrected chi connectivity index (χ0v) is 12.1. The molecule has 1 aliphatic heterocycles. The third-order valence-electron chi connectivity index (χ3n) is 3.30. The van der Waals surface area contributed by atoms with E-state index < -0.39 is 0 Å². The van der Waals surface area contributed by atoms with Crippen LogP contribution < -0.4 is 16.2 Å². The Bertz CT molecular complexity index is 437. The fourth-order valence-corrected chi connectivity index (χ4v) is 2.15. The zero-order valence-electron chi connectivity index (χ0n) is 12.1. The molecule has 1 fully saturated rings. The van der Waals surface area contributed by atoms with Gasteiger partial charge in [-0.15, -0.1) is 0 Å². The fraction of sp³-hybridized carbons (Fsp3) is 0.692. The number of hydrazine groups is 1. The first-order valence-electron chi connectivity index (χ1n) is 6.75. The quantitative estimate of drug-likeness (QED) is 0.637. The number of anilines is 2. The van der Waals surface area contributed by atoms with Crippen molar-refractivity contribution in [2.24, 2.45) is 5.84 Å². The van der Waals surface area contributed by atoms with Crippen molar-refractivity contribution in [3.8, 4) is 0 Å². The lowest BCUT2D eigenvalue weighted by atomic mass is 10.2. The van der Waals surface area contributed by atoms with Crippen LogP contribution in [-0.4, -0.2) is 35.3 Å². The highest BCUT2D eigenvalue weighted by Crippen LogP contribution is 2.24. The molecule has 1 aliphatic rings. The smallest absolute Gasteiger partial charge is 0.145 e. The van der Waals surface area contributed by atoms with Crippen LogP contribution >= 0.6 is 0 Å². The molecular weight excluding hydrogens is 242 g/mol. The largest absolute Gasteiger partial charge is 0.375 e. The summed E-state index contributed by atoms with van der Waals surface area (Å²) in [6, 6.07) is 2.19. The molecule has 2 unspecified atom stereocenters. The van der Waals surface area contributed by atoms with Crippen LogP contribution in [0, 0.1) is 0 Å². The number of nitrogen functional groups attached to an aromatic ring is 1. The number of hydrogen-bond donors (Lipinski definition) is 2. The Labute approximate surface area is 114 Å². The third-order valence-corrected chi connectivity index (χ3v) is 3.30. The van der Waals surface area contributed by atoms with Crippen molar-refractivity contribution < 1.29 is 4.74 Å². The highest BCUT2D eigenvalue weighted by Gasteiger charge is 2.25. The maximum absolute atomic E-state index is 5.65. The van der Waals surface area contributed by atoms with Crippen LogP contribution in [0.15, 0.2) is 6.07 Å². The number of ether oxygens (including phenoxy) is 1. The van der Waals surface area contributed by atoms with E-state index in [0.29, 0.717) is 18.5 Å². The van der Waals surface area contributed by atoms with E-state index in [0.717, 1.165) is 18.2 Å². The maximum Gasteiger partial charge on any atom is 0.145 e. The molecule has 0 spiro atoms. The van der Waals surface area contributed by atoms with Gasteiger partial charge in [0.25, 0.3) is 0 Å². The van der Waals surface area contributed by atoms with Crippen molar-refractivity contribution >= 4 is 11.6 Å². The van der Waals surface area contributed by atoms with Crippen LogP contribution in [-0.2, 0) is 4.74 Å². The summed E-state index contributed by atoms with van der Waals surface area (Å²) >= 11 is 0. The van der Waals surface area contributed by atoms with Crippen LogP contribution in [0.25, 0.3) is 0 Å². The van der Waals surface area contributed by atoms with Gasteiger partial charge in [-0.1, -0.05) is 13.8 Å². The first-order valence-corrected chi connectivity index (χ1v) is 6.75. The molecule has 3 N–H and O–H groups in total. The molecule has 1 aromatic rings. The second-order valence-electron chi connectivity index (χ2n) is 5.41. The van der Waals surface area contributed by atoms with E-state index in [9.17, 15) is 0 Å². The molecule has 19 heavy (non-hydrogen) atoms. The molecule has 106 valence electrons. The van der Waals surface area contributed by atoms with Gasteiger partial charge in [0, 0.05) is 18.5 Å². The van der Waals surface area contributed by atoms with E-state index in [2.05, 4.69) is 48.0 Å². The molecule has 2 atom stereocenters. The van der Waals surface area contributed by atoms with Gasteiger partial charge in [0.2, 0.25) is 0 Å². The molecule has 0 amide bonds. The number of hydrogen-bond acceptors (Lipinski definition) is 6. The molecule has 0 saturated carbocycles. The number of nitrogens with one attached hydrogen (secondary N) is 1. The fourth-order valence-electron chi connectivity index (χ4n) is 2.15. The third kappa shape index (κ3) is 3.13. The average molecular weight is 265 g/mol. The topological polar surface area (TPSA) is 76.3 Å². The molecule has 1 aromatic heterocycles. The molecule has 0 aliphatic carbocycles. The number of aromatic nitrogens is 2. The second kappa shape index (κ2) is 5.71. The minimum absolute atomic E-state index is 0.211. The van der Waals surface area contributed by atoms with Crippen molar-refractivity contribution in [3.63, 3.8) is 0 Å². The highest BCUT2D eigenvalue weighted by molar-refractivity contribution is 5.50. The Kier molecular flexibility index (Phi) is 4.21. The van der Waals surface area contributed by atoms with Gasteiger partial charge in [-0.05, 0) is 13.8 Å². The normalized spacial score (nSPS) is 23.8. The number of nitrogens with two attached hydrogens (primary N) is 1. The molecule has 0 radical (unpaired) electrons. The molecule has 6 heteroatoms. The summed E-state index contributed by atoms with van der Waals surface area (Å²) in [7, 11) is 0. The first kappa shape index (κ1) is 14.0. The van der Waals surface area contributed by atoms with Gasteiger partial charge >= 0.3 is 0 Å². The van der Waals surface area contributed by atoms with Gasteiger partial charge in [-0.2, -0.15) is 0 Å². The van der Waals surface area contributed by atoms with E-state index in [-0.39, 0.29) is 12.0 Å². The van der Waals surface area contributed by atoms with E-state index in [1.54, 1.807) is 0 Å². The monoisotopic (exact) mass is 265 g/mol. The van der Waals surface area contributed by atoms with Crippen LogP contribution in [0.1, 0.15) is 39.4 Å². The number of nitrogens with zero attached hydrogens (tertiary/aromatic N) is 3. The Morgan fingerprint density at radius 2 is 2.16 bits per heavy atom. The minimum Gasteiger partial charge on any atom is -0.375 e. The lowest BCUT2D eigenvalue weighted by molar-refractivity contribution is 0.0340. The molecule has 0 bridgehead atoms. The van der Waals surface area contributed by atoms with E-state index >= 15 is 0 Å². The maximum atomic E-state index is 5.65. The van der Waals surface area contributed by atoms with E-state index in [4.69, 9.17) is 10.6 Å². The molecule has 0 aromatic carbocycles. The number of rotatable bonds is 3. The van der Waals surface area contributed by atoms with E-state index in [1.807, 2.05) is 6.07 Å². The number of morpholine rings is 1. The summed E-state index contributed by atoms with van der Waals surface area (Å²) in [6.07, 6.45) is 0.211. The molecule has 2 rings (SSSR count). The molecule has 2 heterocycles. The Balaban J connectivity index is 2.34. The summed E-state index contributed by atoms with van der Waals surface area (Å²) in [6.45, 7) is 9.91. The minimum atomic E-state index is 0.211. The average Bonchev–Trinajstić information content (AvgIpc) is 2.40. The van der Waals surface area contributed by atoms with Gasteiger partial charge < -0.3 is 15.1 Å². The standard InChI is InChI=1S/C13H23N5O/c1-8(2)13-15-11(17-14)5-12(16-13)18-6-10(4)19-7-9(18)3/h5,8-10H,6-7,14H2,1-4H3,(H,15,16,17). The Morgan fingerprint density at radius 1 is 1.42 bits per heavy atom. The molecule has 6 nitrogen and oxygen atoms in total. The second-order valence-corrected chi connectivity index (χ2v) is 5.41. The Morgan fingerprint density at radius 3 is 2.79 bits per heavy atom. The Hall–Kier alpha value is -1.40. The van der Waals surface area contributed by atoms with Crippen molar-refractivity contribution in [2.75, 3.05) is 23.5 Å². The summed E-state index contributed by atoms with van der Waals surface area (Å²) in [5.74, 6) is 8.13. The van der Waals surface area contributed by atoms with Gasteiger partial charge in [-0.3, -0.25) is 0 Å². The first-order chi connectivity index (χ1) is 9.01. The molecule has 1 saturated heterocycles. The van der Waals surface area contributed by atoms with Crippen LogP contribution in [0.2, 0.25) is 0 Å². The summed E-state index contributed by atoms with van der Waals surface area (Å²) in [5.41, 5.74) is 2.62. The SMILES string of the molecule is CC1CN(c2cc(NN)nc(C(C)C)n2)C(C)CO1. The van der Waals surface area contributed by atoms with E-state index in [1.165, 1.54) is 0 Å².